The molecule has 0 aliphatic carbocycles. The van der Waals surface area contributed by atoms with E-state index in [1.165, 1.54) is 366 Å². The zero-order valence-electron chi connectivity index (χ0n) is 74.3. The van der Waals surface area contributed by atoms with E-state index in [0.29, 0.717) is 6.42 Å². The van der Waals surface area contributed by atoms with Crippen molar-refractivity contribution in [3.8, 4) is 0 Å². The molecule has 0 radical (unpaired) electrons. The number of allylic oxidation sites excluding steroid dienone is 5. The predicted molar refractivity (Wildman–Crippen MR) is 471 cm³/mol. The van der Waals surface area contributed by atoms with E-state index in [1.807, 2.05) is 6.08 Å². The molecule has 3 saturated heterocycles. The first-order chi connectivity index (χ1) is 56.8. The van der Waals surface area contributed by atoms with Crippen molar-refractivity contribution in [2.75, 3.05) is 26.4 Å². The lowest BCUT2D eigenvalue weighted by atomic mass is 9.96. The quantitative estimate of drug-likeness (QED) is 0.0199. The molecular weight excluding hydrogens is 1470 g/mol. The number of rotatable bonds is 82. The molecule has 19 heteroatoms. The van der Waals surface area contributed by atoms with Crippen molar-refractivity contribution in [2.45, 2.75) is 548 Å². The van der Waals surface area contributed by atoms with E-state index in [0.717, 1.165) is 51.4 Å². The number of carbonyl (C=O) groups excluding carboxylic acids is 1. The number of ether oxygens (including phenoxy) is 6. The topological polar surface area (TPSA) is 307 Å². The van der Waals surface area contributed by atoms with Crippen molar-refractivity contribution in [3.63, 3.8) is 0 Å². The Labute approximate surface area is 708 Å². The fourth-order valence-electron chi connectivity index (χ4n) is 16.9. The van der Waals surface area contributed by atoms with Gasteiger partial charge < -0.3 is 89.9 Å². The second-order valence-corrected chi connectivity index (χ2v) is 35.2. The van der Waals surface area contributed by atoms with Crippen LogP contribution in [0.15, 0.2) is 36.5 Å². The highest BCUT2D eigenvalue weighted by molar-refractivity contribution is 5.76. The molecule has 0 saturated carbocycles. The lowest BCUT2D eigenvalue weighted by Gasteiger charge is -2.48. The van der Waals surface area contributed by atoms with Crippen molar-refractivity contribution >= 4 is 5.91 Å². The second kappa shape index (κ2) is 76.6. The summed E-state index contributed by atoms with van der Waals surface area (Å²) in [5, 5.41) is 121. The van der Waals surface area contributed by atoms with Gasteiger partial charge in [0.25, 0.3) is 0 Å². The van der Waals surface area contributed by atoms with Crippen molar-refractivity contribution in [1.82, 2.24) is 5.32 Å². The van der Waals surface area contributed by atoms with E-state index in [2.05, 4.69) is 43.5 Å². The third kappa shape index (κ3) is 53.9. The molecule has 3 heterocycles. The maximum Gasteiger partial charge on any atom is 0.220 e. The average molecular weight is 1650 g/mol. The highest BCUT2D eigenvalue weighted by atomic mass is 16.8. The largest absolute Gasteiger partial charge is 0.394 e. The van der Waals surface area contributed by atoms with Crippen LogP contribution in [0.5, 0.6) is 0 Å². The van der Waals surface area contributed by atoms with Crippen LogP contribution in [0, 0.1) is 0 Å². The van der Waals surface area contributed by atoms with Crippen LogP contribution in [0.25, 0.3) is 0 Å². The molecule has 3 aliphatic rings. The van der Waals surface area contributed by atoms with E-state index in [1.54, 1.807) is 6.08 Å². The van der Waals surface area contributed by atoms with Gasteiger partial charge in [0.05, 0.1) is 38.6 Å². The van der Waals surface area contributed by atoms with Crippen molar-refractivity contribution in [2.24, 2.45) is 0 Å². The normalized spacial score (nSPS) is 24.6. The molecule has 17 atom stereocenters. The minimum Gasteiger partial charge on any atom is -0.394 e. The summed E-state index contributed by atoms with van der Waals surface area (Å²) in [7, 11) is 0. The average Bonchev–Trinajstić information content (AvgIpc) is 0.779. The predicted octanol–water partition coefficient (Wildman–Crippen LogP) is 20.1. The fourth-order valence-corrected chi connectivity index (χ4v) is 16.9. The molecule has 3 aliphatic heterocycles. The third-order valence-electron chi connectivity index (χ3n) is 24.7. The maximum absolute atomic E-state index is 13.6. The van der Waals surface area contributed by atoms with Gasteiger partial charge in [0, 0.05) is 6.42 Å². The molecule has 0 aromatic heterocycles. The maximum atomic E-state index is 13.6. The first-order valence-corrected chi connectivity index (χ1v) is 49.2. The highest BCUT2D eigenvalue weighted by Gasteiger charge is 2.54. The Morgan fingerprint density at radius 2 is 0.569 bits per heavy atom. The summed E-state index contributed by atoms with van der Waals surface area (Å²) in [6.07, 6.45) is 73.3. The fraction of sp³-hybridized carbons (Fsp3) is 0.928. The number of aliphatic hydroxyl groups is 11. The van der Waals surface area contributed by atoms with E-state index >= 15 is 0 Å². The monoisotopic (exact) mass is 1650 g/mol. The van der Waals surface area contributed by atoms with Gasteiger partial charge in [-0.25, -0.2) is 0 Å². The van der Waals surface area contributed by atoms with Gasteiger partial charge in [-0.2, -0.15) is 0 Å². The summed E-state index contributed by atoms with van der Waals surface area (Å²) < 4.78 is 34.6. The third-order valence-corrected chi connectivity index (χ3v) is 24.7. The zero-order chi connectivity index (χ0) is 83.8. The number of aliphatic hydroxyl groups excluding tert-OH is 11. The molecule has 0 aromatic carbocycles. The van der Waals surface area contributed by atoms with Crippen LogP contribution < -0.4 is 5.32 Å². The first-order valence-electron chi connectivity index (χ1n) is 49.2. The van der Waals surface area contributed by atoms with Crippen LogP contribution >= 0.6 is 0 Å². The molecule has 3 fully saturated rings. The van der Waals surface area contributed by atoms with Gasteiger partial charge in [-0.15, -0.1) is 0 Å². The molecule has 12 N–H and O–H groups in total. The minimum absolute atomic E-state index is 0.249. The van der Waals surface area contributed by atoms with Crippen molar-refractivity contribution in [1.29, 1.82) is 0 Å². The number of nitrogens with one attached hydrogen (secondary N) is 1. The summed E-state index contributed by atoms with van der Waals surface area (Å²) in [5.74, 6) is -0.265. The Balaban J connectivity index is 1.29. The number of unbranched alkanes of at least 4 members (excludes halogenated alkanes) is 62. The lowest BCUT2D eigenvalue weighted by Crippen LogP contribution is -2.66. The van der Waals surface area contributed by atoms with Crippen LogP contribution in [-0.2, 0) is 33.2 Å². The summed E-state index contributed by atoms with van der Waals surface area (Å²) >= 11 is 0. The SMILES string of the molecule is CCCCCCC/C=C\C/C=C\CCCCCCCCCCCCCCCCCCCCCCCCCCCCCC(=O)NC(COC1OC(CO)C(OC2OC(CO)C(OC3OC(CO)C(O)C(O)C3O)C(O)C2O)C(O)C1O)C(O)/C=C/CCCCCCCCCCCCCCCCCCCCCCCCCCCCCCCC. The smallest absolute Gasteiger partial charge is 0.220 e. The van der Waals surface area contributed by atoms with Gasteiger partial charge >= 0.3 is 0 Å². The number of amides is 1. The summed E-state index contributed by atoms with van der Waals surface area (Å²) in [6.45, 7) is 1.81. The van der Waals surface area contributed by atoms with Gasteiger partial charge in [-0.3, -0.25) is 4.79 Å². The van der Waals surface area contributed by atoms with Crippen LogP contribution in [0.4, 0.5) is 0 Å². The van der Waals surface area contributed by atoms with Crippen LogP contribution in [0.2, 0.25) is 0 Å². The molecule has 684 valence electrons. The summed E-state index contributed by atoms with van der Waals surface area (Å²) in [6, 6.07) is -0.974. The number of carbonyl (C=O) groups is 1. The van der Waals surface area contributed by atoms with Crippen LogP contribution in [-0.4, -0.2) is 193 Å². The molecule has 0 bridgehead atoms. The molecule has 3 rings (SSSR count). The molecule has 19 nitrogen and oxygen atoms in total. The van der Waals surface area contributed by atoms with E-state index in [9.17, 15) is 61.0 Å². The van der Waals surface area contributed by atoms with Crippen LogP contribution in [0.1, 0.15) is 444 Å². The Morgan fingerprint density at radius 1 is 0.310 bits per heavy atom. The summed E-state index contributed by atoms with van der Waals surface area (Å²) in [5.41, 5.74) is 0. The Hall–Kier alpha value is -1.99. The Kier molecular flexibility index (Phi) is 71.5. The zero-order valence-corrected chi connectivity index (χ0v) is 74.3. The molecule has 0 aromatic rings. The minimum atomic E-state index is -1.98. The number of hydrogen-bond acceptors (Lipinski definition) is 18. The van der Waals surface area contributed by atoms with Gasteiger partial charge in [-0.05, 0) is 51.4 Å². The van der Waals surface area contributed by atoms with Gasteiger partial charge in [-0.1, -0.05) is 423 Å². The van der Waals surface area contributed by atoms with E-state index in [4.69, 9.17) is 28.4 Å². The standard InChI is InChI=1S/C97H183NO18/c1-3-5-7-9-11-13-15-17-19-21-23-25-27-29-31-33-35-37-38-39-40-41-42-43-45-47-49-51-53-55-57-59-61-63-65-67-69-71-73-75-85(103)98-80(81(102)74-72-70-68-66-64-62-60-58-56-54-52-50-48-46-44-36-34-32-30-28-26-24-22-20-18-16-14-12-10-8-6-4-2)79-111-95-91(109)88(106)93(83(77-100)113-95)116-97-92(110)89(107)94(84(78-101)114-97)115-96-90(108)87(105)86(104)82(76-99)112-96/h15,17,21,23,72,74,80-84,86-97,99-102,104-110H,3-14,16,18-20,22,24-71,73,75-79H2,1-2H3,(H,98,103)/b17-15-,23-21-,74-72+. The lowest BCUT2D eigenvalue weighted by molar-refractivity contribution is -0.379. The van der Waals surface area contributed by atoms with Crippen LogP contribution in [0.3, 0.4) is 0 Å². The van der Waals surface area contributed by atoms with E-state index < -0.39 is 124 Å². The van der Waals surface area contributed by atoms with Gasteiger partial charge in [0.1, 0.15) is 73.2 Å². The van der Waals surface area contributed by atoms with Gasteiger partial charge in [0.15, 0.2) is 18.9 Å². The molecule has 17 unspecified atom stereocenters. The Bertz CT molecular complexity index is 2230. The van der Waals surface area contributed by atoms with Gasteiger partial charge in [0.2, 0.25) is 5.91 Å². The molecule has 116 heavy (non-hydrogen) atoms. The van der Waals surface area contributed by atoms with Crippen molar-refractivity contribution < 1.29 is 89.4 Å². The highest BCUT2D eigenvalue weighted by Crippen LogP contribution is 2.34. The number of hydrogen-bond donors (Lipinski definition) is 12. The first kappa shape index (κ1) is 108. The molecule has 1 amide bonds. The van der Waals surface area contributed by atoms with Crippen molar-refractivity contribution in [3.05, 3.63) is 36.5 Å². The Morgan fingerprint density at radius 3 is 0.879 bits per heavy atom. The molecule has 0 spiro atoms. The van der Waals surface area contributed by atoms with E-state index in [-0.39, 0.29) is 18.9 Å². The molecular formula is C97H183NO18. The second-order valence-electron chi connectivity index (χ2n) is 35.2. The summed E-state index contributed by atoms with van der Waals surface area (Å²) in [4.78, 5) is 13.6.